The molecule has 11 heteroatoms. The van der Waals surface area contributed by atoms with Gasteiger partial charge in [-0.15, -0.1) is 0 Å². The molecule has 2 rings (SSSR count). The third-order valence-electron chi connectivity index (χ3n) is 9.33. The molecule has 0 unspecified atom stereocenters. The fourth-order valence-electron chi connectivity index (χ4n) is 9.74. The van der Waals surface area contributed by atoms with Gasteiger partial charge in [-0.05, 0) is 0 Å². The Balaban J connectivity index is 0.00000260. The Bertz CT molecular complexity index is 1220. The van der Waals surface area contributed by atoms with Crippen molar-refractivity contribution in [2.45, 2.75) is 154 Å². The fraction of sp³-hybridized carbons (Fsp3) is 0.667. The predicted octanol–water partition coefficient (Wildman–Crippen LogP) is 12.1. The summed E-state index contributed by atoms with van der Waals surface area (Å²) in [6, 6.07) is 10.8. The van der Waals surface area contributed by atoms with Crippen molar-refractivity contribution in [3.8, 4) is 0 Å². The summed E-state index contributed by atoms with van der Waals surface area (Å²) >= 11 is 7.58. The molecule has 0 atom stereocenters. The molecule has 0 N–H and O–H groups in total. The smallest absolute Gasteiger partial charge is 0.291 e. The van der Waals surface area contributed by atoms with Crippen molar-refractivity contribution < 1.29 is 0 Å². The van der Waals surface area contributed by atoms with E-state index in [0.717, 1.165) is 15.5 Å². The molecule has 2 aromatic carbocycles. The minimum absolute atomic E-state index is 0.785. The maximum atomic E-state index is 4.33. The molecule has 0 radical (unpaired) electrons. The van der Waals surface area contributed by atoms with Crippen LogP contribution in [0.1, 0.15) is 48.9 Å². The van der Waals surface area contributed by atoms with Crippen LogP contribution in [-0.4, -0.2) is 69.6 Å². The van der Waals surface area contributed by atoms with E-state index in [2.05, 4.69) is 186 Å². The molecule has 0 heterocycles. The van der Waals surface area contributed by atoms with Gasteiger partial charge in [-0.2, -0.15) is 0 Å². The SMILES string of the molecule is Cc1cc(C)[c]([Sn+2][c]2c(C([Si](C)(C)C)[Si](C)(C)C)cc(C([Si](C)(C)C)[Si](C)(C)C)cc2C([Si](C)(C)C)[Si](C)(C)C)c(C)c1.[S-]SS[S-]. The van der Waals surface area contributed by atoms with E-state index in [0.29, 0.717) is 0 Å². The van der Waals surface area contributed by atoms with Crippen molar-refractivity contribution in [3.05, 3.63) is 57.6 Å². The van der Waals surface area contributed by atoms with Gasteiger partial charge >= 0.3 is 289 Å². The molecule has 47 heavy (non-hydrogen) atoms. The molecule has 0 aliphatic rings. The summed E-state index contributed by atoms with van der Waals surface area (Å²) in [6.07, 6.45) is 0. The standard InChI is InChI=1S/C27H59Si6.C9H11.H2S4.Sn/c1-28(2,3)25(29(4,5)6)22-19-23(26(30(7,8)9)31(10,11)12)21-24(20-22)27(32(13,14)15)33(16,17)18;1-7-4-8(2)6-9(3)5-7;1-3-4-2;/h19-20,25-27H,1-18H3;4-5H,1-3H3;1-2H;/q;;;+2/p-2. The van der Waals surface area contributed by atoms with E-state index in [1.54, 1.807) is 20.3 Å². The third kappa shape index (κ3) is 13.4. The molecule has 0 bridgehead atoms. The maximum Gasteiger partial charge on any atom is -0.291 e. The van der Waals surface area contributed by atoms with Gasteiger partial charge in [-0.25, -0.2) is 0 Å². The second-order valence-corrected chi connectivity index (χ2v) is 61.3. The zero-order chi connectivity index (χ0) is 37.3. The molecule has 2 aromatic rings. The zero-order valence-electron chi connectivity index (χ0n) is 34.2. The minimum atomic E-state index is -1.51. The van der Waals surface area contributed by atoms with Gasteiger partial charge in [-0.1, -0.05) is 0 Å². The van der Waals surface area contributed by atoms with Crippen LogP contribution in [0.2, 0.25) is 118 Å². The van der Waals surface area contributed by atoms with Crippen LogP contribution in [0.15, 0.2) is 24.3 Å². The molecule has 0 fully saturated rings. The van der Waals surface area contributed by atoms with E-state index in [-0.39, 0.29) is 0 Å². The normalized spacial score (nSPS) is 13.7. The molecular weight excluding hydrogens is 848 g/mol. The Morgan fingerprint density at radius 1 is 0.447 bits per heavy atom. The van der Waals surface area contributed by atoms with Gasteiger partial charge < -0.3 is 23.3 Å². The number of benzene rings is 2. The van der Waals surface area contributed by atoms with Crippen molar-refractivity contribution in [1.29, 1.82) is 0 Å². The number of aryl methyl sites for hydroxylation is 3. The summed E-state index contributed by atoms with van der Waals surface area (Å²) in [5.41, 5.74) is 10.1. The summed E-state index contributed by atoms with van der Waals surface area (Å²) in [5, 5.41) is 2.36. The molecular formula is C36H70S4Si6Sn. The van der Waals surface area contributed by atoms with Crippen LogP contribution in [0.3, 0.4) is 0 Å². The first-order valence-corrected chi connectivity index (χ1v) is 45.7. The van der Waals surface area contributed by atoms with E-state index in [1.807, 2.05) is 14.7 Å². The molecule has 0 saturated heterocycles. The molecule has 0 aliphatic carbocycles. The van der Waals surface area contributed by atoms with Crippen LogP contribution >= 0.6 is 19.7 Å². The first-order chi connectivity index (χ1) is 20.8. The van der Waals surface area contributed by atoms with E-state index in [4.69, 9.17) is 0 Å². The summed E-state index contributed by atoms with van der Waals surface area (Å²) in [5.74, 6) is 0. The van der Waals surface area contributed by atoms with Gasteiger partial charge in [0.1, 0.15) is 0 Å². The topological polar surface area (TPSA) is 0 Å². The molecule has 0 spiro atoms. The number of hydrogen-bond acceptors (Lipinski definition) is 4. The van der Waals surface area contributed by atoms with Gasteiger partial charge in [0.2, 0.25) is 0 Å². The van der Waals surface area contributed by atoms with Crippen molar-refractivity contribution in [2.75, 3.05) is 0 Å². The summed E-state index contributed by atoms with van der Waals surface area (Å²) in [4.78, 5) is 0. The predicted molar refractivity (Wildman–Crippen MR) is 250 cm³/mol. The molecule has 0 aromatic heterocycles. The average Bonchev–Trinajstić information content (AvgIpc) is 2.77. The molecule has 0 amide bonds. The summed E-state index contributed by atoms with van der Waals surface area (Å²) in [6.45, 7) is 55.5. The molecule has 266 valence electrons. The van der Waals surface area contributed by atoms with Crippen LogP contribution in [-0.2, 0) is 23.3 Å². The van der Waals surface area contributed by atoms with Gasteiger partial charge in [0.05, 0.1) is 0 Å². The Kier molecular flexibility index (Phi) is 17.4. The first-order valence-electron chi connectivity index (χ1n) is 17.4. The molecule has 0 aliphatic heterocycles. The van der Waals surface area contributed by atoms with E-state index in [9.17, 15) is 0 Å². The minimum Gasteiger partial charge on any atom is -0.709 e. The fourth-order valence-corrected chi connectivity index (χ4v) is 53.9. The summed E-state index contributed by atoms with van der Waals surface area (Å²) in [7, 11) is -6.62. The first kappa shape index (κ1) is 47.0. The van der Waals surface area contributed by atoms with Crippen molar-refractivity contribution in [1.82, 2.24) is 0 Å². The van der Waals surface area contributed by atoms with Gasteiger partial charge in [0.25, 0.3) is 0 Å². The maximum absolute atomic E-state index is 4.33. The third-order valence-corrected chi connectivity index (χ3v) is 44.8. The Hall–Kier alpha value is 1.94. The van der Waals surface area contributed by atoms with Crippen LogP contribution in [0.4, 0.5) is 0 Å². The monoisotopic (exact) mass is 918 g/mol. The van der Waals surface area contributed by atoms with Gasteiger partial charge in [-0.3, -0.25) is 19.7 Å². The Labute approximate surface area is 328 Å². The van der Waals surface area contributed by atoms with Crippen LogP contribution in [0, 0.1) is 20.8 Å². The van der Waals surface area contributed by atoms with Crippen molar-refractivity contribution in [3.63, 3.8) is 0 Å². The molecule has 0 saturated carbocycles. The number of hydrogen-bond donors (Lipinski definition) is 0. The van der Waals surface area contributed by atoms with E-state index in [1.165, 1.54) is 25.2 Å². The summed E-state index contributed by atoms with van der Waals surface area (Å²) < 4.78 is 3.68. The zero-order valence-corrected chi connectivity index (χ0v) is 46.3. The Morgan fingerprint density at radius 3 is 0.957 bits per heavy atom. The largest absolute Gasteiger partial charge is 0.709 e. The van der Waals surface area contributed by atoms with E-state index >= 15 is 0 Å². The second kappa shape index (κ2) is 17.4. The van der Waals surface area contributed by atoms with Crippen molar-refractivity contribution >= 4 is 120 Å². The Morgan fingerprint density at radius 2 is 0.723 bits per heavy atom. The second-order valence-electron chi connectivity index (χ2n) is 20.6. The molecule has 0 nitrogen and oxygen atoms in total. The van der Waals surface area contributed by atoms with Crippen LogP contribution in [0.5, 0.6) is 0 Å². The van der Waals surface area contributed by atoms with Gasteiger partial charge in [0.15, 0.2) is 0 Å². The van der Waals surface area contributed by atoms with Crippen LogP contribution in [0.25, 0.3) is 0 Å². The van der Waals surface area contributed by atoms with Gasteiger partial charge in [0, 0.05) is 0 Å². The van der Waals surface area contributed by atoms with E-state index < -0.39 is 69.6 Å². The average molecular weight is 918 g/mol. The number of rotatable bonds is 12. The van der Waals surface area contributed by atoms with Crippen molar-refractivity contribution in [2.24, 2.45) is 0 Å². The quantitative estimate of drug-likeness (QED) is 0.118. The van der Waals surface area contributed by atoms with Crippen LogP contribution < -0.4 is 7.16 Å².